The molecule has 4 heteroatoms. The lowest BCUT2D eigenvalue weighted by Crippen LogP contribution is -2.31. The predicted octanol–water partition coefficient (Wildman–Crippen LogP) is 1.36. The van der Waals surface area contributed by atoms with E-state index in [1.165, 1.54) is 25.7 Å². The molecule has 2 saturated carbocycles. The molecule has 0 aromatic heterocycles. The first kappa shape index (κ1) is 11.1. The standard InChI is InChI=1S/C13H19NO3/c15-12(10-5-11(10)13(16)17)14-6-8-3-1-2-4-9(8)7-14/h8-11H,1-7H2,(H,16,17). The number of rotatable bonds is 2. The molecule has 94 valence electrons. The third-order valence-corrected chi connectivity index (χ3v) is 4.71. The fourth-order valence-corrected chi connectivity index (χ4v) is 3.56. The average molecular weight is 237 g/mol. The lowest BCUT2D eigenvalue weighted by Gasteiger charge is -2.22. The van der Waals surface area contributed by atoms with Crippen LogP contribution in [0.25, 0.3) is 0 Å². The van der Waals surface area contributed by atoms with Crippen molar-refractivity contribution in [3.8, 4) is 0 Å². The number of carboxylic acid groups (broad SMARTS) is 1. The van der Waals surface area contributed by atoms with Gasteiger partial charge in [-0.2, -0.15) is 0 Å². The average Bonchev–Trinajstić information content (AvgIpc) is 3.00. The Morgan fingerprint density at radius 1 is 1.00 bits per heavy atom. The molecule has 0 radical (unpaired) electrons. The van der Waals surface area contributed by atoms with Crippen LogP contribution in [0.5, 0.6) is 0 Å². The molecule has 4 atom stereocenters. The van der Waals surface area contributed by atoms with E-state index in [0.29, 0.717) is 18.3 Å². The van der Waals surface area contributed by atoms with Gasteiger partial charge in [0.25, 0.3) is 0 Å². The van der Waals surface area contributed by atoms with E-state index in [9.17, 15) is 9.59 Å². The van der Waals surface area contributed by atoms with Crippen LogP contribution >= 0.6 is 0 Å². The van der Waals surface area contributed by atoms with Gasteiger partial charge in [0.1, 0.15) is 0 Å². The molecule has 4 nitrogen and oxygen atoms in total. The van der Waals surface area contributed by atoms with Crippen LogP contribution < -0.4 is 0 Å². The quantitative estimate of drug-likeness (QED) is 0.788. The minimum Gasteiger partial charge on any atom is -0.481 e. The number of fused-ring (bicyclic) bond motifs is 1. The van der Waals surface area contributed by atoms with Crippen LogP contribution in [0, 0.1) is 23.7 Å². The Bertz CT molecular complexity index is 341. The van der Waals surface area contributed by atoms with Gasteiger partial charge in [0.05, 0.1) is 11.8 Å². The second-order valence-electron chi connectivity index (χ2n) is 5.83. The highest BCUT2D eigenvalue weighted by molar-refractivity contribution is 5.89. The smallest absolute Gasteiger partial charge is 0.307 e. The topological polar surface area (TPSA) is 57.6 Å². The molecule has 3 fully saturated rings. The summed E-state index contributed by atoms with van der Waals surface area (Å²) in [6.07, 6.45) is 5.65. The Labute approximate surface area is 101 Å². The van der Waals surface area contributed by atoms with Crippen molar-refractivity contribution in [3.63, 3.8) is 0 Å². The number of hydrogen-bond donors (Lipinski definition) is 1. The fraction of sp³-hybridized carbons (Fsp3) is 0.846. The van der Waals surface area contributed by atoms with E-state index < -0.39 is 11.9 Å². The number of carboxylic acids is 1. The van der Waals surface area contributed by atoms with Crippen LogP contribution in [-0.2, 0) is 9.59 Å². The Morgan fingerprint density at radius 3 is 2.06 bits per heavy atom. The van der Waals surface area contributed by atoms with E-state index in [1.54, 1.807) is 0 Å². The maximum atomic E-state index is 12.1. The van der Waals surface area contributed by atoms with Crippen LogP contribution in [0.15, 0.2) is 0 Å². The molecule has 0 bridgehead atoms. The van der Waals surface area contributed by atoms with E-state index in [0.717, 1.165) is 13.1 Å². The van der Waals surface area contributed by atoms with Gasteiger partial charge in [-0.3, -0.25) is 9.59 Å². The van der Waals surface area contributed by atoms with Gasteiger partial charge >= 0.3 is 5.97 Å². The van der Waals surface area contributed by atoms with Gasteiger partial charge < -0.3 is 10.0 Å². The van der Waals surface area contributed by atoms with Crippen molar-refractivity contribution < 1.29 is 14.7 Å². The zero-order valence-corrected chi connectivity index (χ0v) is 9.97. The molecule has 3 aliphatic rings. The minimum atomic E-state index is -0.806. The van der Waals surface area contributed by atoms with E-state index in [2.05, 4.69) is 0 Å². The summed E-state index contributed by atoms with van der Waals surface area (Å²) in [5.41, 5.74) is 0. The van der Waals surface area contributed by atoms with Crippen molar-refractivity contribution in [2.45, 2.75) is 32.1 Å². The monoisotopic (exact) mass is 237 g/mol. The molecule has 1 saturated heterocycles. The highest BCUT2D eigenvalue weighted by Gasteiger charge is 2.51. The van der Waals surface area contributed by atoms with Crippen molar-refractivity contribution >= 4 is 11.9 Å². The first-order valence-corrected chi connectivity index (χ1v) is 6.68. The zero-order chi connectivity index (χ0) is 12.0. The molecule has 4 unspecified atom stereocenters. The minimum absolute atomic E-state index is 0.104. The summed E-state index contributed by atoms with van der Waals surface area (Å²) in [5, 5.41) is 8.85. The van der Waals surface area contributed by atoms with Gasteiger partial charge in [0, 0.05) is 13.1 Å². The Balaban J connectivity index is 1.59. The van der Waals surface area contributed by atoms with Gasteiger partial charge in [0.2, 0.25) is 5.91 Å². The fourth-order valence-electron chi connectivity index (χ4n) is 3.56. The molecular formula is C13H19NO3. The molecule has 1 aliphatic heterocycles. The number of hydrogen-bond acceptors (Lipinski definition) is 2. The number of amides is 1. The molecule has 17 heavy (non-hydrogen) atoms. The van der Waals surface area contributed by atoms with E-state index in [4.69, 9.17) is 5.11 Å². The lowest BCUT2D eigenvalue weighted by molar-refractivity contribution is -0.141. The third kappa shape index (κ3) is 1.94. The SMILES string of the molecule is O=C(O)C1CC1C(=O)N1CC2CCCCC2C1. The summed E-state index contributed by atoms with van der Waals surface area (Å²) in [5.74, 6) is 0.0639. The second kappa shape index (κ2) is 4.00. The van der Waals surface area contributed by atoms with Crippen LogP contribution in [0.1, 0.15) is 32.1 Å². The van der Waals surface area contributed by atoms with Crippen molar-refractivity contribution in [2.75, 3.05) is 13.1 Å². The summed E-state index contributed by atoms with van der Waals surface area (Å²) in [6, 6.07) is 0. The number of carbonyl (C=O) groups is 2. The van der Waals surface area contributed by atoms with Gasteiger partial charge in [0.15, 0.2) is 0 Å². The summed E-state index contributed by atoms with van der Waals surface area (Å²) >= 11 is 0. The van der Waals surface area contributed by atoms with E-state index in [-0.39, 0.29) is 11.8 Å². The molecule has 3 rings (SSSR count). The van der Waals surface area contributed by atoms with Crippen LogP contribution in [0.4, 0.5) is 0 Å². The number of carbonyl (C=O) groups excluding carboxylic acids is 1. The van der Waals surface area contributed by atoms with Crippen molar-refractivity contribution in [1.82, 2.24) is 4.90 Å². The molecule has 0 aromatic carbocycles. The molecule has 1 amide bonds. The molecule has 0 spiro atoms. The molecule has 2 aliphatic carbocycles. The first-order valence-electron chi connectivity index (χ1n) is 6.68. The highest BCUT2D eigenvalue weighted by atomic mass is 16.4. The van der Waals surface area contributed by atoms with Crippen molar-refractivity contribution in [3.05, 3.63) is 0 Å². The molecule has 1 heterocycles. The Kier molecular flexibility index (Phi) is 2.60. The van der Waals surface area contributed by atoms with E-state index in [1.807, 2.05) is 4.90 Å². The summed E-state index contributed by atoms with van der Waals surface area (Å²) in [6.45, 7) is 1.76. The summed E-state index contributed by atoms with van der Waals surface area (Å²) < 4.78 is 0. The summed E-state index contributed by atoms with van der Waals surface area (Å²) in [7, 11) is 0. The summed E-state index contributed by atoms with van der Waals surface area (Å²) in [4.78, 5) is 24.8. The van der Waals surface area contributed by atoms with Gasteiger partial charge in [-0.05, 0) is 31.1 Å². The third-order valence-electron chi connectivity index (χ3n) is 4.71. The van der Waals surface area contributed by atoms with Crippen LogP contribution in [-0.4, -0.2) is 35.0 Å². The number of likely N-dealkylation sites (tertiary alicyclic amines) is 1. The predicted molar refractivity (Wildman–Crippen MR) is 61.3 cm³/mol. The van der Waals surface area contributed by atoms with Crippen LogP contribution in [0.3, 0.4) is 0 Å². The lowest BCUT2D eigenvalue weighted by atomic mass is 9.82. The molecule has 0 aromatic rings. The highest BCUT2D eigenvalue weighted by Crippen LogP contribution is 2.43. The van der Waals surface area contributed by atoms with Crippen molar-refractivity contribution in [2.24, 2.45) is 23.7 Å². The Morgan fingerprint density at radius 2 is 1.59 bits per heavy atom. The van der Waals surface area contributed by atoms with Gasteiger partial charge in [-0.1, -0.05) is 12.8 Å². The molecular weight excluding hydrogens is 218 g/mol. The van der Waals surface area contributed by atoms with E-state index >= 15 is 0 Å². The van der Waals surface area contributed by atoms with Gasteiger partial charge in [-0.25, -0.2) is 0 Å². The zero-order valence-electron chi connectivity index (χ0n) is 9.97. The maximum Gasteiger partial charge on any atom is 0.307 e. The van der Waals surface area contributed by atoms with Crippen LogP contribution in [0.2, 0.25) is 0 Å². The second-order valence-corrected chi connectivity index (χ2v) is 5.83. The van der Waals surface area contributed by atoms with Gasteiger partial charge in [-0.15, -0.1) is 0 Å². The number of nitrogens with zero attached hydrogens (tertiary/aromatic N) is 1. The largest absolute Gasteiger partial charge is 0.481 e. The maximum absolute atomic E-state index is 12.1. The number of aliphatic carboxylic acids is 1. The first-order chi connectivity index (χ1) is 8.16. The Hall–Kier alpha value is -1.06. The normalized spacial score (nSPS) is 39.9. The molecule has 1 N–H and O–H groups in total. The van der Waals surface area contributed by atoms with Crippen molar-refractivity contribution in [1.29, 1.82) is 0 Å².